The van der Waals surface area contributed by atoms with Crippen molar-refractivity contribution >= 4 is 17.9 Å². The molecule has 0 fully saturated rings. The fraction of sp³-hybridized carbons (Fsp3) is 0. The highest BCUT2D eigenvalue weighted by Crippen LogP contribution is 2.27. The molecular formula is C10H5N5O6. The van der Waals surface area contributed by atoms with Crippen LogP contribution in [0, 0.1) is 33.0 Å². The van der Waals surface area contributed by atoms with Gasteiger partial charge in [0.2, 0.25) is 0 Å². The Balaban J connectivity index is 3.04. The number of carbonyl (C=O) groups excluding carboxylic acids is 2. The normalized spacial score (nSPS) is 8.67. The first kappa shape index (κ1) is 15.2. The summed E-state index contributed by atoms with van der Waals surface area (Å²) < 4.78 is 9.15. The number of nitro benzene ring substituents is 1. The van der Waals surface area contributed by atoms with Crippen molar-refractivity contribution in [3.8, 4) is 23.9 Å². The number of nitrogens with one attached hydrogen (secondary N) is 2. The van der Waals surface area contributed by atoms with Gasteiger partial charge in [-0.15, -0.1) is 0 Å². The summed E-state index contributed by atoms with van der Waals surface area (Å²) in [7, 11) is 0. The van der Waals surface area contributed by atoms with Gasteiger partial charge in [-0.3, -0.25) is 10.1 Å². The maximum absolute atomic E-state index is 11.0. The van der Waals surface area contributed by atoms with Gasteiger partial charge in [-0.25, -0.2) is 20.2 Å². The molecule has 0 unspecified atom stereocenters. The first-order valence-electron chi connectivity index (χ1n) is 4.99. The van der Waals surface area contributed by atoms with Crippen molar-refractivity contribution in [1.82, 2.24) is 10.6 Å². The summed E-state index contributed by atoms with van der Waals surface area (Å²) in [4.78, 5) is 32.0. The fourth-order valence-corrected chi connectivity index (χ4v) is 1.14. The summed E-state index contributed by atoms with van der Waals surface area (Å²) in [5.74, 6) is -0.673. The average molecular weight is 291 g/mol. The van der Waals surface area contributed by atoms with Crippen LogP contribution in [0.2, 0.25) is 0 Å². The molecule has 106 valence electrons. The molecule has 0 aliphatic carbocycles. The van der Waals surface area contributed by atoms with Crippen LogP contribution in [0.1, 0.15) is 0 Å². The van der Waals surface area contributed by atoms with Gasteiger partial charge >= 0.3 is 12.2 Å². The van der Waals surface area contributed by atoms with E-state index in [0.29, 0.717) is 0 Å². The van der Waals surface area contributed by atoms with Gasteiger partial charge in [-0.05, 0) is 0 Å². The maximum Gasteiger partial charge on any atom is 0.425 e. The minimum absolute atomic E-state index is 0.336. The minimum Gasteiger partial charge on any atom is -0.409 e. The molecule has 0 aliphatic rings. The number of benzene rings is 1. The van der Waals surface area contributed by atoms with Crippen molar-refractivity contribution in [2.75, 3.05) is 0 Å². The third kappa shape index (κ3) is 4.72. The van der Waals surface area contributed by atoms with E-state index in [4.69, 9.17) is 10.5 Å². The topological polar surface area (TPSA) is 167 Å². The second-order valence-corrected chi connectivity index (χ2v) is 3.17. The van der Waals surface area contributed by atoms with E-state index >= 15 is 0 Å². The van der Waals surface area contributed by atoms with E-state index in [1.165, 1.54) is 12.4 Å². The Kier molecular flexibility index (Phi) is 5.00. The molecular weight excluding hydrogens is 286 g/mol. The van der Waals surface area contributed by atoms with Gasteiger partial charge in [-0.1, -0.05) is 0 Å². The molecule has 0 heterocycles. The number of ether oxygens (including phenoxy) is 2. The van der Waals surface area contributed by atoms with Crippen LogP contribution in [0.25, 0.3) is 0 Å². The number of hydrogen-bond donors (Lipinski definition) is 2. The SMILES string of the molecule is N#CNC(=O)Oc1cc(OC(=O)NC#N)cc([N+](=O)[O-])c1. The van der Waals surface area contributed by atoms with Crippen molar-refractivity contribution in [2.24, 2.45) is 0 Å². The predicted molar refractivity (Wildman–Crippen MR) is 62.6 cm³/mol. The van der Waals surface area contributed by atoms with Gasteiger partial charge in [0.1, 0.15) is 11.5 Å². The van der Waals surface area contributed by atoms with Crippen LogP contribution >= 0.6 is 0 Å². The molecule has 1 aromatic rings. The maximum atomic E-state index is 11.0. The smallest absolute Gasteiger partial charge is 0.409 e. The third-order valence-corrected chi connectivity index (χ3v) is 1.81. The van der Waals surface area contributed by atoms with Crippen LogP contribution in [0.4, 0.5) is 15.3 Å². The third-order valence-electron chi connectivity index (χ3n) is 1.81. The summed E-state index contributed by atoms with van der Waals surface area (Å²) in [5.41, 5.74) is -0.531. The lowest BCUT2D eigenvalue weighted by Crippen LogP contribution is -2.22. The largest absolute Gasteiger partial charge is 0.425 e. The second-order valence-electron chi connectivity index (χ2n) is 3.17. The van der Waals surface area contributed by atoms with Crippen molar-refractivity contribution in [3.05, 3.63) is 28.3 Å². The number of nitriles is 2. The van der Waals surface area contributed by atoms with E-state index in [1.54, 1.807) is 10.6 Å². The molecule has 11 nitrogen and oxygen atoms in total. The number of carbonyl (C=O) groups is 2. The van der Waals surface area contributed by atoms with Crippen molar-refractivity contribution in [3.63, 3.8) is 0 Å². The number of nitrogens with zero attached hydrogens (tertiary/aromatic N) is 3. The van der Waals surface area contributed by atoms with E-state index in [2.05, 4.69) is 9.47 Å². The number of hydrogen-bond acceptors (Lipinski definition) is 8. The first-order valence-corrected chi connectivity index (χ1v) is 4.99. The molecule has 0 atom stereocenters. The van der Waals surface area contributed by atoms with Gasteiger partial charge in [-0.2, -0.15) is 10.5 Å². The standard InChI is InChI=1S/C10H5N5O6/c11-4-13-9(16)20-7-1-6(15(18)19)2-8(3-7)21-10(17)14-5-12/h1-3H,(H,13,16)(H,14,17). The number of nitro groups is 1. The molecule has 11 heteroatoms. The van der Waals surface area contributed by atoms with Gasteiger partial charge in [0.25, 0.3) is 5.69 Å². The molecule has 2 N–H and O–H groups in total. The van der Waals surface area contributed by atoms with E-state index < -0.39 is 22.8 Å². The fourth-order valence-electron chi connectivity index (χ4n) is 1.14. The molecule has 0 bridgehead atoms. The predicted octanol–water partition coefficient (Wildman–Crippen LogP) is 0.734. The lowest BCUT2D eigenvalue weighted by atomic mass is 10.3. The minimum atomic E-state index is -1.18. The Bertz CT molecular complexity index is 625. The number of amides is 2. The highest BCUT2D eigenvalue weighted by atomic mass is 16.6. The molecule has 21 heavy (non-hydrogen) atoms. The molecule has 0 aromatic heterocycles. The average Bonchev–Trinajstić information content (AvgIpc) is 2.38. The van der Waals surface area contributed by atoms with E-state index in [9.17, 15) is 19.7 Å². The van der Waals surface area contributed by atoms with Crippen LogP contribution in [0.5, 0.6) is 11.5 Å². The molecule has 0 aliphatic heterocycles. The van der Waals surface area contributed by atoms with Gasteiger partial charge < -0.3 is 9.47 Å². The Morgan fingerprint density at radius 1 is 1.05 bits per heavy atom. The number of non-ortho nitro benzene ring substituents is 1. The molecule has 1 rings (SSSR count). The van der Waals surface area contributed by atoms with Crippen molar-refractivity contribution in [2.45, 2.75) is 0 Å². The monoisotopic (exact) mass is 291 g/mol. The number of rotatable bonds is 3. The Hall–Kier alpha value is -3.86. The summed E-state index contributed by atoms with van der Waals surface area (Å²) >= 11 is 0. The van der Waals surface area contributed by atoms with Crippen LogP contribution in [-0.2, 0) is 0 Å². The van der Waals surface area contributed by atoms with Crippen LogP contribution < -0.4 is 20.1 Å². The molecule has 2 amide bonds. The molecule has 0 radical (unpaired) electrons. The van der Waals surface area contributed by atoms with E-state index in [0.717, 1.165) is 18.2 Å². The summed E-state index contributed by atoms with van der Waals surface area (Å²) in [5, 5.41) is 30.4. The summed E-state index contributed by atoms with van der Waals surface area (Å²) in [6.45, 7) is 0. The van der Waals surface area contributed by atoms with Crippen molar-refractivity contribution in [1.29, 1.82) is 10.5 Å². The highest BCUT2D eigenvalue weighted by Gasteiger charge is 2.15. The molecule has 0 spiro atoms. The van der Waals surface area contributed by atoms with E-state index in [1.807, 2.05) is 0 Å². The quantitative estimate of drug-likeness (QED) is 0.355. The zero-order valence-electron chi connectivity index (χ0n) is 10.0. The van der Waals surface area contributed by atoms with Crippen LogP contribution in [-0.4, -0.2) is 17.1 Å². The lowest BCUT2D eigenvalue weighted by molar-refractivity contribution is -0.385. The zero-order chi connectivity index (χ0) is 15.8. The molecule has 1 aromatic carbocycles. The molecule has 0 saturated carbocycles. The van der Waals surface area contributed by atoms with Gasteiger partial charge in [0.15, 0.2) is 12.4 Å². The van der Waals surface area contributed by atoms with Crippen LogP contribution in [0.3, 0.4) is 0 Å². The van der Waals surface area contributed by atoms with Crippen LogP contribution in [0.15, 0.2) is 18.2 Å². The second kappa shape index (κ2) is 6.91. The Morgan fingerprint density at radius 2 is 1.48 bits per heavy atom. The Morgan fingerprint density at radius 3 is 1.81 bits per heavy atom. The lowest BCUT2D eigenvalue weighted by Gasteiger charge is -2.06. The van der Waals surface area contributed by atoms with Gasteiger partial charge in [0, 0.05) is 6.07 Å². The zero-order valence-corrected chi connectivity index (χ0v) is 10.0. The summed E-state index contributed by atoms with van der Waals surface area (Å²) in [6.07, 6.45) is 0.247. The van der Waals surface area contributed by atoms with Gasteiger partial charge in [0.05, 0.1) is 17.1 Å². The van der Waals surface area contributed by atoms with E-state index in [-0.39, 0.29) is 11.5 Å². The summed E-state index contributed by atoms with van der Waals surface area (Å²) in [6, 6.07) is 2.75. The first-order chi connectivity index (χ1) is 9.96. The highest BCUT2D eigenvalue weighted by molar-refractivity contribution is 5.74. The molecule has 0 saturated heterocycles. The Labute approximate surface area is 116 Å². The van der Waals surface area contributed by atoms with Crippen molar-refractivity contribution < 1.29 is 24.0 Å².